The summed E-state index contributed by atoms with van der Waals surface area (Å²) in [6, 6.07) is 1.56. The molecule has 1 aromatic heterocycles. The first-order valence-electron chi connectivity index (χ1n) is 12.4. The van der Waals surface area contributed by atoms with E-state index in [1.165, 1.54) is 0 Å². The highest BCUT2D eigenvalue weighted by Gasteiger charge is 2.50. The number of nitrogens with zero attached hydrogens (tertiary/aromatic N) is 2. The van der Waals surface area contributed by atoms with Crippen molar-refractivity contribution in [3.8, 4) is 0 Å². The largest absolute Gasteiger partial charge is 0.417 e. The first-order valence-corrected chi connectivity index (χ1v) is 12.4. The maximum atomic E-state index is 13.9. The van der Waals surface area contributed by atoms with E-state index >= 15 is 0 Å². The Balaban J connectivity index is 1.47. The van der Waals surface area contributed by atoms with Crippen LogP contribution < -0.4 is 5.32 Å². The molecule has 34 heavy (non-hydrogen) atoms. The molecule has 9 heteroatoms. The molecule has 4 rings (SSSR count). The summed E-state index contributed by atoms with van der Waals surface area (Å²) in [5, 5.41) is 3.75. The van der Waals surface area contributed by atoms with Crippen molar-refractivity contribution in [1.82, 2.24) is 15.2 Å². The first kappa shape index (κ1) is 25.4. The summed E-state index contributed by atoms with van der Waals surface area (Å²) in [4.78, 5) is 19.7. The summed E-state index contributed by atoms with van der Waals surface area (Å²) in [6.45, 7) is 8.72. The van der Waals surface area contributed by atoms with Crippen LogP contribution in [0.5, 0.6) is 0 Å². The zero-order chi connectivity index (χ0) is 24.5. The molecule has 0 unspecified atom stereocenters. The van der Waals surface area contributed by atoms with Crippen molar-refractivity contribution in [3.63, 3.8) is 0 Å². The van der Waals surface area contributed by atoms with Gasteiger partial charge in [-0.2, -0.15) is 13.2 Å². The Hall–Kier alpha value is -1.71. The summed E-state index contributed by atoms with van der Waals surface area (Å²) >= 11 is 0. The minimum atomic E-state index is -4.44. The lowest BCUT2D eigenvalue weighted by Crippen LogP contribution is -2.52. The van der Waals surface area contributed by atoms with Crippen LogP contribution in [-0.2, 0) is 33.4 Å². The van der Waals surface area contributed by atoms with Gasteiger partial charge in [-0.05, 0) is 50.2 Å². The molecule has 0 radical (unpaired) electrons. The van der Waals surface area contributed by atoms with Gasteiger partial charge in [0.2, 0.25) is 5.91 Å². The SMILES string of the molecule is CCO[C@H]1COCC[C@@H]1N[C@@H]1CC[C@@](C(=O)N2CCc3ncc(C(F)(F)F)cc3C2)(C(C)C)C1. The van der Waals surface area contributed by atoms with Crippen molar-refractivity contribution in [2.24, 2.45) is 11.3 Å². The molecule has 2 aliphatic heterocycles. The zero-order valence-corrected chi connectivity index (χ0v) is 20.3. The molecule has 3 heterocycles. The van der Waals surface area contributed by atoms with Crippen molar-refractivity contribution < 1.29 is 27.4 Å². The van der Waals surface area contributed by atoms with Crippen LogP contribution in [0.1, 0.15) is 63.3 Å². The molecule has 3 aliphatic rings. The maximum Gasteiger partial charge on any atom is 0.417 e. The second kappa shape index (κ2) is 10.1. The number of carbonyl (C=O) groups excluding carboxylic acids is 1. The molecule has 1 amide bonds. The molecule has 0 aromatic carbocycles. The highest BCUT2D eigenvalue weighted by Crippen LogP contribution is 2.47. The molecular weight excluding hydrogens is 447 g/mol. The van der Waals surface area contributed by atoms with Gasteiger partial charge in [0.05, 0.1) is 23.7 Å². The van der Waals surface area contributed by atoms with Crippen molar-refractivity contribution >= 4 is 5.91 Å². The number of alkyl halides is 3. The van der Waals surface area contributed by atoms with Crippen LogP contribution in [-0.4, -0.2) is 60.3 Å². The molecule has 4 atom stereocenters. The van der Waals surface area contributed by atoms with Gasteiger partial charge < -0.3 is 19.7 Å². The fourth-order valence-electron chi connectivity index (χ4n) is 5.84. The minimum absolute atomic E-state index is 0.0115. The lowest BCUT2D eigenvalue weighted by Gasteiger charge is -2.40. The fraction of sp³-hybridized carbons (Fsp3) is 0.760. The Morgan fingerprint density at radius 1 is 1.38 bits per heavy atom. The van der Waals surface area contributed by atoms with Crippen LogP contribution in [0.4, 0.5) is 13.2 Å². The van der Waals surface area contributed by atoms with Crippen LogP contribution >= 0.6 is 0 Å². The molecule has 0 bridgehead atoms. The van der Waals surface area contributed by atoms with Gasteiger partial charge in [0, 0.05) is 56.7 Å². The number of aromatic nitrogens is 1. The van der Waals surface area contributed by atoms with E-state index in [0.717, 1.165) is 37.9 Å². The summed E-state index contributed by atoms with van der Waals surface area (Å²) < 4.78 is 51.0. The quantitative estimate of drug-likeness (QED) is 0.664. The summed E-state index contributed by atoms with van der Waals surface area (Å²) in [5.74, 6) is 0.188. The molecule has 1 aliphatic carbocycles. The zero-order valence-electron chi connectivity index (χ0n) is 20.3. The number of carbonyl (C=O) groups is 1. The molecule has 6 nitrogen and oxygen atoms in total. The lowest BCUT2D eigenvalue weighted by molar-refractivity contribution is -0.146. The standard InChI is InChI=1S/C25H36F3N3O3/c1-4-34-22-15-33-10-7-21(22)30-19-5-8-24(12-19,16(2)3)23(32)31-9-6-20-17(14-31)11-18(13-29-20)25(26,27)28/h11,13,16,19,21-22,30H,4-10,12,14-15H2,1-3H3/t19-,21+,22+,24+/m1/s1. The minimum Gasteiger partial charge on any atom is -0.379 e. The van der Waals surface area contributed by atoms with Gasteiger partial charge in [-0.3, -0.25) is 9.78 Å². The number of hydrogen-bond donors (Lipinski definition) is 1. The fourth-order valence-corrected chi connectivity index (χ4v) is 5.84. The van der Waals surface area contributed by atoms with Crippen LogP contribution in [0.2, 0.25) is 0 Å². The van der Waals surface area contributed by atoms with Gasteiger partial charge >= 0.3 is 6.18 Å². The van der Waals surface area contributed by atoms with Crippen molar-refractivity contribution in [3.05, 3.63) is 29.1 Å². The number of rotatable bonds is 6. The summed E-state index contributed by atoms with van der Waals surface area (Å²) in [7, 11) is 0. The van der Waals surface area contributed by atoms with E-state index < -0.39 is 17.2 Å². The normalized spacial score (nSPS) is 30.0. The van der Waals surface area contributed by atoms with Crippen molar-refractivity contribution in [2.75, 3.05) is 26.4 Å². The smallest absolute Gasteiger partial charge is 0.379 e. The summed E-state index contributed by atoms with van der Waals surface area (Å²) in [6.07, 6.45) is 0.209. The van der Waals surface area contributed by atoms with E-state index in [4.69, 9.17) is 9.47 Å². The number of amides is 1. The summed E-state index contributed by atoms with van der Waals surface area (Å²) in [5.41, 5.74) is -0.119. The number of halogens is 3. The highest BCUT2D eigenvalue weighted by molar-refractivity contribution is 5.83. The molecular formula is C25H36F3N3O3. The van der Waals surface area contributed by atoms with Gasteiger partial charge in [-0.15, -0.1) is 0 Å². The molecule has 190 valence electrons. The van der Waals surface area contributed by atoms with E-state index in [0.29, 0.717) is 44.0 Å². The molecule has 1 saturated heterocycles. The predicted octanol–water partition coefficient (Wildman–Crippen LogP) is 3.96. The predicted molar refractivity (Wildman–Crippen MR) is 121 cm³/mol. The molecule has 1 aromatic rings. The van der Waals surface area contributed by atoms with E-state index in [9.17, 15) is 18.0 Å². The van der Waals surface area contributed by atoms with Gasteiger partial charge in [-0.1, -0.05) is 13.8 Å². The van der Waals surface area contributed by atoms with E-state index in [1.807, 2.05) is 6.92 Å². The second-order valence-corrected chi connectivity index (χ2v) is 10.2. The molecule has 2 fully saturated rings. The number of ether oxygens (including phenoxy) is 2. The van der Waals surface area contributed by atoms with Crippen LogP contribution in [0.25, 0.3) is 0 Å². The van der Waals surface area contributed by atoms with Gasteiger partial charge in [0.25, 0.3) is 0 Å². The van der Waals surface area contributed by atoms with Crippen molar-refractivity contribution in [1.29, 1.82) is 0 Å². The van der Waals surface area contributed by atoms with Gasteiger partial charge in [-0.25, -0.2) is 0 Å². The Morgan fingerprint density at radius 2 is 2.18 bits per heavy atom. The monoisotopic (exact) mass is 483 g/mol. The van der Waals surface area contributed by atoms with E-state index in [1.54, 1.807) is 4.90 Å². The van der Waals surface area contributed by atoms with Gasteiger partial charge in [0.1, 0.15) is 0 Å². The highest BCUT2D eigenvalue weighted by atomic mass is 19.4. The number of pyridine rings is 1. The Kier molecular flexibility index (Phi) is 7.55. The first-order chi connectivity index (χ1) is 16.1. The Bertz CT molecular complexity index is 877. The molecule has 0 spiro atoms. The van der Waals surface area contributed by atoms with E-state index in [2.05, 4.69) is 24.1 Å². The van der Waals surface area contributed by atoms with Gasteiger partial charge in [0.15, 0.2) is 0 Å². The maximum absolute atomic E-state index is 13.9. The lowest BCUT2D eigenvalue weighted by atomic mass is 9.74. The Morgan fingerprint density at radius 3 is 2.88 bits per heavy atom. The van der Waals surface area contributed by atoms with E-state index in [-0.39, 0.29) is 36.6 Å². The second-order valence-electron chi connectivity index (χ2n) is 10.2. The topological polar surface area (TPSA) is 63.7 Å². The third-order valence-corrected chi connectivity index (χ3v) is 7.87. The van der Waals surface area contributed by atoms with Crippen LogP contribution in [0, 0.1) is 11.3 Å². The third kappa shape index (κ3) is 5.11. The average Bonchev–Trinajstić information content (AvgIpc) is 3.24. The number of hydrogen-bond acceptors (Lipinski definition) is 5. The van der Waals surface area contributed by atoms with Crippen LogP contribution in [0.15, 0.2) is 12.3 Å². The number of nitrogens with one attached hydrogen (secondary N) is 1. The molecule has 1 N–H and O–H groups in total. The average molecular weight is 484 g/mol. The molecule has 1 saturated carbocycles. The number of fused-ring (bicyclic) bond motifs is 1. The van der Waals surface area contributed by atoms with Crippen molar-refractivity contribution in [2.45, 2.75) is 83.8 Å². The third-order valence-electron chi connectivity index (χ3n) is 7.87. The Labute approximate surface area is 199 Å². The van der Waals surface area contributed by atoms with Crippen LogP contribution in [0.3, 0.4) is 0 Å².